The van der Waals surface area contributed by atoms with Crippen LogP contribution >= 0.6 is 11.3 Å². The van der Waals surface area contributed by atoms with E-state index in [2.05, 4.69) is 11.4 Å². The summed E-state index contributed by atoms with van der Waals surface area (Å²) in [7, 11) is 0. The first kappa shape index (κ1) is 19.8. The van der Waals surface area contributed by atoms with Gasteiger partial charge >= 0.3 is 0 Å². The van der Waals surface area contributed by atoms with Crippen molar-refractivity contribution in [1.29, 1.82) is 5.26 Å². The number of rotatable bonds is 6. The monoisotopic (exact) mass is 417 g/mol. The maximum Gasteiger partial charge on any atom is 0.261 e. The minimum Gasteiger partial charge on any atom is -0.317 e. The Kier molecular flexibility index (Phi) is 5.34. The van der Waals surface area contributed by atoms with Gasteiger partial charge in [-0.25, -0.2) is 0 Å². The van der Waals surface area contributed by atoms with Gasteiger partial charge in [-0.1, -0.05) is 31.2 Å². The molecule has 1 aliphatic rings. The molecule has 0 atom stereocenters. The smallest absolute Gasteiger partial charge is 0.261 e. The fourth-order valence-corrected chi connectivity index (χ4v) is 4.63. The molecule has 4 rings (SSSR count). The number of nitrogens with zero attached hydrogens (tertiary/aromatic N) is 2. The van der Waals surface area contributed by atoms with Gasteiger partial charge in [0, 0.05) is 34.4 Å². The number of hydrogen-bond acceptors (Lipinski definition) is 5. The number of nitriles is 1. The molecule has 0 fully saturated rings. The number of carbonyl (C=O) groups excluding carboxylic acids is 3. The van der Waals surface area contributed by atoms with Gasteiger partial charge in [-0.3, -0.25) is 19.3 Å². The average molecular weight is 417 g/mol. The molecule has 0 radical (unpaired) electrons. The molecule has 150 valence electrons. The highest BCUT2D eigenvalue weighted by Crippen LogP contribution is 2.30. The van der Waals surface area contributed by atoms with Crippen LogP contribution in [0.4, 0.5) is 5.00 Å². The normalized spacial score (nSPS) is 12.9. The fourth-order valence-electron chi connectivity index (χ4n) is 3.66. The number of hydrogen-bond donors (Lipinski definition) is 1. The number of imide groups is 1. The van der Waals surface area contributed by atoms with E-state index in [0.29, 0.717) is 33.5 Å². The summed E-state index contributed by atoms with van der Waals surface area (Å²) in [6.07, 6.45) is 1.28. The molecule has 30 heavy (non-hydrogen) atoms. The van der Waals surface area contributed by atoms with Crippen molar-refractivity contribution in [2.45, 2.75) is 26.2 Å². The number of aryl methyl sites for hydroxylation is 1. The molecular weight excluding hydrogens is 398 g/mol. The lowest BCUT2D eigenvalue weighted by molar-refractivity contribution is -0.116. The van der Waals surface area contributed by atoms with Gasteiger partial charge < -0.3 is 5.32 Å². The van der Waals surface area contributed by atoms with Gasteiger partial charge in [0.1, 0.15) is 11.1 Å². The zero-order valence-corrected chi connectivity index (χ0v) is 17.2. The average Bonchev–Trinajstić information content (AvgIpc) is 3.16. The van der Waals surface area contributed by atoms with E-state index in [-0.39, 0.29) is 30.7 Å². The molecule has 3 aromatic rings. The predicted molar refractivity (Wildman–Crippen MR) is 116 cm³/mol. The van der Waals surface area contributed by atoms with Crippen LogP contribution in [0.25, 0.3) is 10.8 Å². The van der Waals surface area contributed by atoms with E-state index in [0.717, 1.165) is 16.7 Å². The second-order valence-corrected chi connectivity index (χ2v) is 8.18. The van der Waals surface area contributed by atoms with Crippen molar-refractivity contribution >= 4 is 44.8 Å². The number of nitrogens with one attached hydrogen (secondary N) is 1. The summed E-state index contributed by atoms with van der Waals surface area (Å²) in [6.45, 7) is 2.15. The summed E-state index contributed by atoms with van der Waals surface area (Å²) in [6, 6.07) is 14.7. The molecule has 1 aromatic heterocycles. The summed E-state index contributed by atoms with van der Waals surface area (Å²) < 4.78 is 0. The first-order chi connectivity index (χ1) is 14.5. The Balaban J connectivity index is 1.43. The van der Waals surface area contributed by atoms with Crippen molar-refractivity contribution in [3.63, 3.8) is 0 Å². The van der Waals surface area contributed by atoms with Crippen LogP contribution in [-0.2, 0) is 11.2 Å². The molecule has 0 unspecified atom stereocenters. The standard InChI is InChI=1S/C23H19N3O3S/c1-2-16-12-15(13-24)21(30-16)25-19(27)10-5-11-26-22(28)17-8-3-6-14-7-4-9-18(20(14)17)23(26)29/h3-4,6-9,12H,2,5,10-11H2,1H3,(H,25,27). The van der Waals surface area contributed by atoms with Gasteiger partial charge in [0.05, 0.1) is 5.56 Å². The molecule has 1 N–H and O–H groups in total. The molecule has 0 spiro atoms. The Morgan fingerprint density at radius 1 is 1.13 bits per heavy atom. The zero-order valence-electron chi connectivity index (χ0n) is 16.4. The van der Waals surface area contributed by atoms with E-state index in [4.69, 9.17) is 0 Å². The van der Waals surface area contributed by atoms with Gasteiger partial charge in [0.15, 0.2) is 0 Å². The van der Waals surface area contributed by atoms with E-state index < -0.39 is 0 Å². The van der Waals surface area contributed by atoms with E-state index in [1.165, 1.54) is 16.2 Å². The number of thiophene rings is 1. The molecule has 7 heteroatoms. The Hall–Kier alpha value is -3.50. The summed E-state index contributed by atoms with van der Waals surface area (Å²) in [5.41, 5.74) is 1.48. The Morgan fingerprint density at radius 3 is 2.40 bits per heavy atom. The molecule has 2 heterocycles. The van der Waals surface area contributed by atoms with Crippen molar-refractivity contribution in [3.05, 3.63) is 64.0 Å². The maximum atomic E-state index is 12.9. The Labute approximate surface area is 177 Å². The number of benzene rings is 2. The molecule has 0 aliphatic carbocycles. The van der Waals surface area contributed by atoms with Gasteiger partial charge in [0.2, 0.25) is 5.91 Å². The van der Waals surface area contributed by atoms with Crippen LogP contribution < -0.4 is 5.32 Å². The summed E-state index contributed by atoms with van der Waals surface area (Å²) >= 11 is 1.39. The van der Waals surface area contributed by atoms with Crippen molar-refractivity contribution in [1.82, 2.24) is 4.90 Å². The lowest BCUT2D eigenvalue weighted by Gasteiger charge is -2.27. The topological polar surface area (TPSA) is 90.3 Å². The third-order valence-electron chi connectivity index (χ3n) is 5.15. The highest BCUT2D eigenvalue weighted by molar-refractivity contribution is 7.16. The molecule has 0 bridgehead atoms. The predicted octanol–water partition coefficient (Wildman–Crippen LogP) is 4.35. The van der Waals surface area contributed by atoms with E-state index in [1.54, 1.807) is 30.3 Å². The number of anilines is 1. The molecule has 1 aliphatic heterocycles. The van der Waals surface area contributed by atoms with E-state index >= 15 is 0 Å². The second-order valence-electron chi connectivity index (χ2n) is 7.04. The van der Waals surface area contributed by atoms with Crippen molar-refractivity contribution in [3.8, 4) is 6.07 Å². The molecule has 6 nitrogen and oxygen atoms in total. The Bertz CT molecular complexity index is 1170. The lowest BCUT2D eigenvalue weighted by atomic mass is 9.94. The van der Waals surface area contributed by atoms with Crippen molar-refractivity contribution < 1.29 is 14.4 Å². The first-order valence-electron chi connectivity index (χ1n) is 9.74. The summed E-state index contributed by atoms with van der Waals surface area (Å²) in [4.78, 5) is 40.3. The van der Waals surface area contributed by atoms with Gasteiger partial charge in [-0.2, -0.15) is 5.26 Å². The van der Waals surface area contributed by atoms with Crippen molar-refractivity contribution in [2.24, 2.45) is 0 Å². The van der Waals surface area contributed by atoms with E-state index in [1.807, 2.05) is 19.1 Å². The second kappa shape index (κ2) is 8.09. The molecule has 0 saturated heterocycles. The van der Waals surface area contributed by atoms with Crippen LogP contribution in [0.2, 0.25) is 0 Å². The molecule has 2 aromatic carbocycles. The molecule has 0 saturated carbocycles. The van der Waals surface area contributed by atoms with Crippen LogP contribution in [0, 0.1) is 11.3 Å². The SMILES string of the molecule is CCc1cc(C#N)c(NC(=O)CCCN2C(=O)c3cccc4cccc(c34)C2=O)s1. The summed E-state index contributed by atoms with van der Waals surface area (Å²) in [5.74, 6) is -0.903. The quantitative estimate of drug-likeness (QED) is 0.604. The van der Waals surface area contributed by atoms with Crippen LogP contribution in [0.15, 0.2) is 42.5 Å². The highest BCUT2D eigenvalue weighted by Gasteiger charge is 2.32. The minimum absolute atomic E-state index is 0.146. The van der Waals surface area contributed by atoms with Gasteiger partial charge in [-0.05, 0) is 36.4 Å². The zero-order chi connectivity index (χ0) is 21.3. The third kappa shape index (κ3) is 3.46. The highest BCUT2D eigenvalue weighted by atomic mass is 32.1. The molecule has 3 amide bonds. The summed E-state index contributed by atoms with van der Waals surface area (Å²) in [5, 5.41) is 14.1. The number of amides is 3. The van der Waals surface area contributed by atoms with Crippen molar-refractivity contribution in [2.75, 3.05) is 11.9 Å². The molecular formula is C23H19N3O3S. The largest absolute Gasteiger partial charge is 0.317 e. The third-order valence-corrected chi connectivity index (χ3v) is 6.34. The first-order valence-corrected chi connectivity index (χ1v) is 10.6. The van der Waals surface area contributed by atoms with Crippen LogP contribution in [0.3, 0.4) is 0 Å². The minimum atomic E-state index is -0.331. The van der Waals surface area contributed by atoms with Crippen LogP contribution in [0.5, 0.6) is 0 Å². The van der Waals surface area contributed by atoms with Crippen LogP contribution in [-0.4, -0.2) is 29.2 Å². The van der Waals surface area contributed by atoms with Gasteiger partial charge in [-0.15, -0.1) is 11.3 Å². The Morgan fingerprint density at radius 2 is 1.80 bits per heavy atom. The lowest BCUT2D eigenvalue weighted by Crippen LogP contribution is -2.41. The van der Waals surface area contributed by atoms with Crippen LogP contribution in [0.1, 0.15) is 50.9 Å². The fraction of sp³-hybridized carbons (Fsp3) is 0.217. The number of carbonyl (C=O) groups is 3. The van der Waals surface area contributed by atoms with Gasteiger partial charge in [0.25, 0.3) is 11.8 Å². The maximum absolute atomic E-state index is 12.9. The van der Waals surface area contributed by atoms with E-state index in [9.17, 15) is 19.6 Å².